The molecule has 0 fully saturated rings. The summed E-state index contributed by atoms with van der Waals surface area (Å²) in [7, 11) is 0. The maximum atomic E-state index is 11.2. The van der Waals surface area contributed by atoms with Gasteiger partial charge >= 0.3 is 6.09 Å². The summed E-state index contributed by atoms with van der Waals surface area (Å²) in [5.74, 6) is 0.217. The Morgan fingerprint density at radius 1 is 0.746 bits per heavy atom. The van der Waals surface area contributed by atoms with E-state index in [4.69, 9.17) is 50.1 Å². The van der Waals surface area contributed by atoms with Crippen LogP contribution in [0, 0.1) is 20.2 Å². The van der Waals surface area contributed by atoms with Crippen molar-refractivity contribution < 1.29 is 29.3 Å². The number of nitrogens with two attached hydrogens (primary N) is 1. The van der Waals surface area contributed by atoms with Crippen LogP contribution < -0.4 is 21.6 Å². The molecule has 0 atom stereocenters. The van der Waals surface area contributed by atoms with Gasteiger partial charge in [0.15, 0.2) is 0 Å². The Balaban J connectivity index is 0.000000268. The molecule has 6 aromatic rings. The van der Waals surface area contributed by atoms with Crippen LogP contribution in [0.5, 0.6) is 11.5 Å². The third-order valence-corrected chi connectivity index (χ3v) is 7.54. The molecular formula is C38H31Cl3N8O10. The van der Waals surface area contributed by atoms with E-state index in [1.165, 1.54) is 54.6 Å². The van der Waals surface area contributed by atoms with E-state index in [-0.39, 0.29) is 45.3 Å². The van der Waals surface area contributed by atoms with Gasteiger partial charge in [0.05, 0.1) is 26.6 Å². The number of nitrogens with one attached hydrogen (secondary N) is 2. The SMILES string of the molecule is ClCCl.NC(=O)Oc1ccc(Cc2ccc(=O)[nH]n2)cc1-c1cccc([N+](=O)[O-])c1.O=C=NCCl.O=c1ccc(Cc2ccc(O)c(-c3cccc([N+](=O)[O-])c3)c2)n[nH]1. The molecule has 0 aliphatic carbocycles. The molecule has 2 heterocycles. The molecule has 59 heavy (non-hydrogen) atoms. The second-order valence-electron chi connectivity index (χ2n) is 11.4. The molecule has 18 nitrogen and oxygen atoms in total. The van der Waals surface area contributed by atoms with Gasteiger partial charge in [-0.05, 0) is 58.7 Å². The number of benzene rings is 4. The van der Waals surface area contributed by atoms with Gasteiger partial charge in [0.1, 0.15) is 17.5 Å². The molecule has 5 N–H and O–H groups in total. The van der Waals surface area contributed by atoms with Crippen LogP contribution in [-0.2, 0) is 17.6 Å². The van der Waals surface area contributed by atoms with Crippen molar-refractivity contribution in [3.05, 3.63) is 173 Å². The van der Waals surface area contributed by atoms with Crippen LogP contribution in [0.15, 0.2) is 124 Å². The number of nitro groups is 2. The Hall–Kier alpha value is -7.24. The number of hydrogen-bond acceptors (Lipinski definition) is 13. The van der Waals surface area contributed by atoms with Gasteiger partial charge in [-0.25, -0.2) is 19.8 Å². The Morgan fingerprint density at radius 2 is 1.22 bits per heavy atom. The number of nitro benzene ring substituents is 2. The zero-order chi connectivity index (χ0) is 43.3. The zero-order valence-electron chi connectivity index (χ0n) is 30.3. The first kappa shape index (κ1) is 46.1. The van der Waals surface area contributed by atoms with Gasteiger partial charge in [0.2, 0.25) is 6.08 Å². The molecule has 0 saturated heterocycles. The van der Waals surface area contributed by atoms with Gasteiger partial charge in [0.25, 0.3) is 22.5 Å². The maximum Gasteiger partial charge on any atom is 0.409 e. The molecule has 0 aliphatic heterocycles. The number of H-pyrrole nitrogens is 2. The van der Waals surface area contributed by atoms with Crippen molar-refractivity contribution in [3.8, 4) is 33.8 Å². The largest absolute Gasteiger partial charge is 0.507 e. The first-order valence-corrected chi connectivity index (χ1v) is 18.1. The second kappa shape index (κ2) is 23.7. The molecule has 4 aromatic carbocycles. The van der Waals surface area contributed by atoms with Crippen LogP contribution in [0.2, 0.25) is 0 Å². The number of carbonyl (C=O) groups is 1. The number of primary amides is 1. The molecule has 6 rings (SSSR count). The molecule has 0 saturated carbocycles. The zero-order valence-corrected chi connectivity index (χ0v) is 32.6. The number of aromatic nitrogens is 4. The Morgan fingerprint density at radius 3 is 1.63 bits per heavy atom. The summed E-state index contributed by atoms with van der Waals surface area (Å²) < 4.78 is 5.03. The van der Waals surface area contributed by atoms with Gasteiger partial charge in [-0.1, -0.05) is 48.0 Å². The molecular weight excluding hydrogens is 835 g/mol. The molecule has 0 aliphatic rings. The van der Waals surface area contributed by atoms with Crippen LogP contribution in [0.25, 0.3) is 22.3 Å². The number of carbonyl (C=O) groups excluding carboxylic acids is 2. The van der Waals surface area contributed by atoms with Gasteiger partial charge in [-0.2, -0.15) is 15.2 Å². The first-order chi connectivity index (χ1) is 28.3. The molecule has 0 bridgehead atoms. The third kappa shape index (κ3) is 15.3. The number of non-ortho nitro benzene ring substituents is 2. The van der Waals surface area contributed by atoms with Gasteiger partial charge in [-0.3, -0.25) is 29.8 Å². The number of alkyl halides is 3. The van der Waals surface area contributed by atoms with E-state index in [9.17, 15) is 39.7 Å². The quantitative estimate of drug-likeness (QED) is 0.0271. The third-order valence-electron chi connectivity index (χ3n) is 7.42. The molecule has 0 radical (unpaired) electrons. The molecule has 1 amide bonds. The number of hydrogen-bond donors (Lipinski definition) is 4. The van der Waals surface area contributed by atoms with Gasteiger partial charge < -0.3 is 15.6 Å². The predicted molar refractivity (Wildman–Crippen MR) is 220 cm³/mol. The predicted octanol–water partition coefficient (Wildman–Crippen LogP) is 6.97. The lowest BCUT2D eigenvalue weighted by Gasteiger charge is -2.11. The molecule has 304 valence electrons. The van der Waals surface area contributed by atoms with Crippen LogP contribution in [0.4, 0.5) is 16.2 Å². The van der Waals surface area contributed by atoms with Crippen LogP contribution in [0.1, 0.15) is 22.5 Å². The number of isocyanates is 1. The summed E-state index contributed by atoms with van der Waals surface area (Å²) in [5.41, 5.74) is 9.37. The van der Waals surface area contributed by atoms with Crippen LogP contribution in [0.3, 0.4) is 0 Å². The highest BCUT2D eigenvalue weighted by Gasteiger charge is 2.15. The minimum absolute atomic E-state index is 0.0174. The van der Waals surface area contributed by atoms with Crippen molar-refractivity contribution in [1.29, 1.82) is 0 Å². The lowest BCUT2D eigenvalue weighted by molar-refractivity contribution is -0.385. The summed E-state index contributed by atoms with van der Waals surface area (Å²) in [6, 6.07) is 28.1. The Kier molecular flexibility index (Phi) is 18.6. The van der Waals surface area contributed by atoms with Crippen molar-refractivity contribution in [2.45, 2.75) is 12.8 Å². The summed E-state index contributed by atoms with van der Waals surface area (Å²) >= 11 is 14.4. The van der Waals surface area contributed by atoms with Gasteiger partial charge in [-0.15, -0.1) is 23.2 Å². The van der Waals surface area contributed by atoms with Crippen molar-refractivity contribution in [2.75, 3.05) is 11.3 Å². The van der Waals surface area contributed by atoms with Crippen molar-refractivity contribution in [3.63, 3.8) is 0 Å². The number of aromatic amines is 2. The van der Waals surface area contributed by atoms with E-state index in [0.29, 0.717) is 46.5 Å². The molecule has 21 heteroatoms. The first-order valence-electron chi connectivity index (χ1n) is 16.5. The number of phenols is 1. The highest BCUT2D eigenvalue weighted by molar-refractivity contribution is 6.40. The van der Waals surface area contributed by atoms with E-state index in [0.717, 1.165) is 11.1 Å². The minimum Gasteiger partial charge on any atom is -0.507 e. The lowest BCUT2D eigenvalue weighted by Crippen LogP contribution is -2.16. The smallest absolute Gasteiger partial charge is 0.409 e. The topological polar surface area (TPSA) is 280 Å². The van der Waals surface area contributed by atoms with E-state index in [2.05, 4.69) is 25.4 Å². The van der Waals surface area contributed by atoms with Crippen molar-refractivity contribution in [1.82, 2.24) is 20.4 Å². The normalized spacial score (nSPS) is 9.81. The van der Waals surface area contributed by atoms with Crippen molar-refractivity contribution >= 4 is 58.4 Å². The van der Waals surface area contributed by atoms with Crippen molar-refractivity contribution in [2.24, 2.45) is 10.7 Å². The van der Waals surface area contributed by atoms with Crippen LogP contribution in [-0.4, -0.2) is 58.9 Å². The second-order valence-corrected chi connectivity index (χ2v) is 12.4. The van der Waals surface area contributed by atoms with E-state index in [1.807, 2.05) is 0 Å². The number of ether oxygens (including phenoxy) is 1. The average molecular weight is 866 g/mol. The molecule has 2 aromatic heterocycles. The minimum atomic E-state index is -0.989. The summed E-state index contributed by atoms with van der Waals surface area (Å²) in [6.07, 6.45) is 1.13. The highest BCUT2D eigenvalue weighted by Crippen LogP contribution is 2.34. The number of nitrogens with zero attached hydrogens (tertiary/aromatic N) is 5. The van der Waals surface area contributed by atoms with Crippen LogP contribution >= 0.6 is 34.8 Å². The fraction of sp³-hybridized carbons (Fsp3) is 0.105. The Labute approximate surface area is 348 Å². The standard InChI is InChI=1S/C18H14N4O5.C17H13N3O4.C2H2ClNO.CH2Cl2/c19-18(24)27-16-6-4-11(8-13-5-7-17(23)21-20-13)9-15(16)12-2-1-3-14(10-12)22(25)26;21-16-6-4-11(8-13-5-7-17(22)19-18-13)9-15(16)12-2-1-3-14(10-12)20(23)24;3-1-4-2-5;2-1-3/h1-7,9-10H,8H2,(H2,19,24)(H,21,23);1-7,9-10,21H,8H2,(H,19,22);1H2;1H2. The summed E-state index contributed by atoms with van der Waals surface area (Å²) in [5, 5.41) is 44.9. The van der Waals surface area contributed by atoms with E-state index in [1.54, 1.807) is 60.7 Å². The number of aromatic hydroxyl groups is 1. The number of rotatable bonds is 10. The monoisotopic (exact) mass is 864 g/mol. The number of halogens is 3. The fourth-order valence-electron chi connectivity index (χ4n) is 4.99. The molecule has 0 spiro atoms. The van der Waals surface area contributed by atoms with Gasteiger partial charge in [0, 0.05) is 60.4 Å². The lowest BCUT2D eigenvalue weighted by atomic mass is 9.99. The van der Waals surface area contributed by atoms with E-state index >= 15 is 0 Å². The fourth-order valence-corrected chi connectivity index (χ4v) is 5.04. The summed E-state index contributed by atoms with van der Waals surface area (Å²) in [4.78, 5) is 66.3. The molecule has 0 unspecified atom stereocenters. The highest BCUT2D eigenvalue weighted by atomic mass is 35.5. The number of amides is 1. The number of phenolic OH excluding ortho intramolecular Hbond substituents is 1. The summed E-state index contributed by atoms with van der Waals surface area (Å²) in [6.45, 7) is 0. The number of aliphatic imine (C=N–C) groups is 1. The van der Waals surface area contributed by atoms with E-state index < -0.39 is 15.9 Å². The Bertz CT molecular complexity index is 2520. The average Bonchev–Trinajstić information content (AvgIpc) is 3.22. The maximum absolute atomic E-state index is 11.2.